The predicted molar refractivity (Wildman–Crippen MR) is 117 cm³/mol. The number of nitrogens with zero attached hydrogens (tertiary/aromatic N) is 4. The zero-order valence-electron chi connectivity index (χ0n) is 19.5. The summed E-state index contributed by atoms with van der Waals surface area (Å²) >= 11 is 0. The minimum Gasteiger partial charge on any atom is -0.475 e. The Morgan fingerprint density at radius 3 is 2.11 bits per heavy atom. The number of carbonyl (C=O) groups is 2. The summed E-state index contributed by atoms with van der Waals surface area (Å²) in [6.45, 7) is 6.87. The van der Waals surface area contributed by atoms with Crippen molar-refractivity contribution in [1.82, 2.24) is 24.6 Å². The number of pyridine rings is 1. The van der Waals surface area contributed by atoms with Crippen LogP contribution >= 0.6 is 0 Å². The Morgan fingerprint density at radius 1 is 1.03 bits per heavy atom. The molecule has 1 aliphatic rings. The zero-order chi connectivity index (χ0) is 28.0. The molecule has 202 valence electrons. The number of hydrogen-bond donors (Lipinski definition) is 3. The van der Waals surface area contributed by atoms with Gasteiger partial charge in [-0.25, -0.2) is 9.59 Å². The Morgan fingerprint density at radius 2 is 1.62 bits per heavy atom. The molecule has 3 aromatic rings. The molecule has 15 heteroatoms. The predicted octanol–water partition coefficient (Wildman–Crippen LogP) is 4.25. The van der Waals surface area contributed by atoms with E-state index >= 15 is 0 Å². The third kappa shape index (κ3) is 8.34. The van der Waals surface area contributed by atoms with Crippen molar-refractivity contribution in [1.29, 1.82) is 0 Å². The number of nitrogens with one attached hydrogen (secondary N) is 1. The minimum absolute atomic E-state index is 0.456. The van der Waals surface area contributed by atoms with Gasteiger partial charge in [-0.05, 0) is 32.0 Å². The van der Waals surface area contributed by atoms with Crippen molar-refractivity contribution in [2.75, 3.05) is 0 Å². The van der Waals surface area contributed by atoms with Gasteiger partial charge in [-0.1, -0.05) is 6.07 Å². The summed E-state index contributed by atoms with van der Waals surface area (Å²) in [4.78, 5) is 22.2. The lowest BCUT2D eigenvalue weighted by Gasteiger charge is -2.13. The molecule has 0 saturated carbocycles. The monoisotopic (exact) mass is 535 g/mol. The van der Waals surface area contributed by atoms with Gasteiger partial charge < -0.3 is 20.1 Å². The molecule has 37 heavy (non-hydrogen) atoms. The quantitative estimate of drug-likeness (QED) is 0.429. The Kier molecular flexibility index (Phi) is 9.44. The molecule has 3 aromatic heterocycles. The number of fused-ring (bicyclic) bond motifs is 3. The van der Waals surface area contributed by atoms with Crippen LogP contribution in [-0.4, -0.2) is 53.8 Å². The van der Waals surface area contributed by atoms with Crippen LogP contribution in [0.3, 0.4) is 0 Å². The molecule has 1 aliphatic heterocycles. The van der Waals surface area contributed by atoms with E-state index in [4.69, 9.17) is 24.9 Å². The number of aliphatic carboxylic acids is 2. The van der Waals surface area contributed by atoms with Gasteiger partial charge in [0.05, 0.1) is 17.9 Å². The Bertz CT molecular complexity index is 1180. The molecule has 0 bridgehead atoms. The van der Waals surface area contributed by atoms with E-state index in [0.29, 0.717) is 12.6 Å². The first-order chi connectivity index (χ1) is 17.1. The third-order valence-corrected chi connectivity index (χ3v) is 4.82. The normalized spacial score (nSPS) is 12.8. The highest BCUT2D eigenvalue weighted by Crippen LogP contribution is 2.31. The first kappa shape index (κ1) is 29.4. The van der Waals surface area contributed by atoms with E-state index in [1.165, 1.54) is 16.8 Å². The summed E-state index contributed by atoms with van der Waals surface area (Å²) < 4.78 is 67.8. The molecule has 0 atom stereocenters. The highest BCUT2D eigenvalue weighted by atomic mass is 19.4. The van der Waals surface area contributed by atoms with Crippen molar-refractivity contribution in [2.45, 2.75) is 51.9 Å². The van der Waals surface area contributed by atoms with Crippen molar-refractivity contribution in [3.05, 3.63) is 59.8 Å². The summed E-state index contributed by atoms with van der Waals surface area (Å²) in [6, 6.07) is 8.63. The van der Waals surface area contributed by atoms with Crippen LogP contribution in [0, 0.1) is 0 Å². The fourth-order valence-electron chi connectivity index (χ4n) is 3.24. The lowest BCUT2D eigenvalue weighted by molar-refractivity contribution is -0.193. The standard InChI is InChI=1S/C18H21N5.2C2HF3O2/c1-13(2)23-8-6-16-17(23)10-19-9-14-11-22(21-18(14)16)12-15-5-3-4-7-20-15;2*3-2(4,5)1(6)7/h3-8,11,13,19H,9-10,12H2,1-2H3;2*(H,6,7). The molecule has 0 radical (unpaired) electrons. The van der Waals surface area contributed by atoms with Gasteiger partial charge in [-0.3, -0.25) is 9.67 Å². The maximum atomic E-state index is 10.6. The van der Waals surface area contributed by atoms with Gasteiger partial charge >= 0.3 is 24.3 Å². The molecular formula is C22H23F6N5O4. The van der Waals surface area contributed by atoms with E-state index in [1.807, 2.05) is 29.1 Å². The molecule has 4 rings (SSSR count). The molecule has 3 N–H and O–H groups in total. The fourth-order valence-corrected chi connectivity index (χ4v) is 3.24. The van der Waals surface area contributed by atoms with Crippen molar-refractivity contribution in [3.63, 3.8) is 0 Å². The van der Waals surface area contributed by atoms with E-state index in [-0.39, 0.29) is 0 Å². The maximum absolute atomic E-state index is 10.6. The number of hydrogen-bond acceptors (Lipinski definition) is 5. The van der Waals surface area contributed by atoms with Crippen LogP contribution in [0.1, 0.15) is 36.8 Å². The summed E-state index contributed by atoms with van der Waals surface area (Å²) in [6.07, 6.45) is -4.03. The van der Waals surface area contributed by atoms with Gasteiger partial charge in [-0.2, -0.15) is 31.4 Å². The molecule has 0 fully saturated rings. The lowest BCUT2D eigenvalue weighted by atomic mass is 10.1. The van der Waals surface area contributed by atoms with E-state index in [0.717, 1.165) is 24.5 Å². The van der Waals surface area contributed by atoms with Crippen LogP contribution in [0.15, 0.2) is 42.9 Å². The maximum Gasteiger partial charge on any atom is 0.490 e. The summed E-state index contributed by atoms with van der Waals surface area (Å²) in [7, 11) is 0. The molecule has 9 nitrogen and oxygen atoms in total. The SMILES string of the molecule is CC(C)n1ccc2c1CNCc1cn(Cc3ccccn3)nc1-2.O=C(O)C(F)(F)F.O=C(O)C(F)(F)F. The van der Waals surface area contributed by atoms with E-state index in [9.17, 15) is 26.3 Å². The van der Waals surface area contributed by atoms with Crippen LogP contribution in [0.5, 0.6) is 0 Å². The van der Waals surface area contributed by atoms with Crippen molar-refractivity contribution < 1.29 is 46.1 Å². The highest BCUT2D eigenvalue weighted by Gasteiger charge is 2.38. The Labute approximate surface area is 206 Å². The lowest BCUT2D eigenvalue weighted by Crippen LogP contribution is -2.21. The number of halogens is 6. The summed E-state index contributed by atoms with van der Waals surface area (Å²) in [5.41, 5.74) is 5.94. The van der Waals surface area contributed by atoms with Crippen molar-refractivity contribution in [3.8, 4) is 11.3 Å². The summed E-state index contributed by atoms with van der Waals surface area (Å²) in [5.74, 6) is -5.51. The molecule has 0 unspecified atom stereocenters. The smallest absolute Gasteiger partial charge is 0.475 e. The molecular weight excluding hydrogens is 512 g/mol. The molecule has 0 saturated heterocycles. The molecule has 0 spiro atoms. The Balaban J connectivity index is 0.000000286. The van der Waals surface area contributed by atoms with Gasteiger partial charge in [0.1, 0.15) is 0 Å². The van der Waals surface area contributed by atoms with Gasteiger partial charge in [0, 0.05) is 54.5 Å². The highest BCUT2D eigenvalue weighted by molar-refractivity contribution is 5.73. The minimum atomic E-state index is -5.08. The average Bonchev–Trinajstić information content (AvgIpc) is 3.34. The van der Waals surface area contributed by atoms with Gasteiger partial charge in [-0.15, -0.1) is 0 Å². The molecule has 0 aromatic carbocycles. The molecule has 0 aliphatic carbocycles. The number of carboxylic acids is 2. The molecule has 0 amide bonds. The first-order valence-corrected chi connectivity index (χ1v) is 10.6. The number of alkyl halides is 6. The molecule has 4 heterocycles. The van der Waals surface area contributed by atoms with E-state index < -0.39 is 24.3 Å². The van der Waals surface area contributed by atoms with Crippen LogP contribution in [0.25, 0.3) is 11.3 Å². The topological polar surface area (TPSA) is 122 Å². The van der Waals surface area contributed by atoms with Crippen LogP contribution < -0.4 is 5.32 Å². The second kappa shape index (κ2) is 11.9. The van der Waals surface area contributed by atoms with Gasteiger partial charge in [0.15, 0.2) is 0 Å². The summed E-state index contributed by atoms with van der Waals surface area (Å²) in [5, 5.41) is 22.6. The number of aromatic nitrogens is 4. The van der Waals surface area contributed by atoms with E-state index in [1.54, 1.807) is 0 Å². The van der Waals surface area contributed by atoms with Gasteiger partial charge in [0.2, 0.25) is 0 Å². The second-order valence-electron chi connectivity index (χ2n) is 7.91. The van der Waals surface area contributed by atoms with Crippen LogP contribution in [0.2, 0.25) is 0 Å². The number of rotatable bonds is 3. The van der Waals surface area contributed by atoms with Gasteiger partial charge in [0.25, 0.3) is 0 Å². The second-order valence-corrected chi connectivity index (χ2v) is 7.91. The average molecular weight is 535 g/mol. The van der Waals surface area contributed by atoms with E-state index in [2.05, 4.69) is 47.2 Å². The zero-order valence-corrected chi connectivity index (χ0v) is 19.5. The third-order valence-electron chi connectivity index (χ3n) is 4.82. The largest absolute Gasteiger partial charge is 0.490 e. The first-order valence-electron chi connectivity index (χ1n) is 10.6. The number of carboxylic acid groups (broad SMARTS) is 2. The van der Waals surface area contributed by atoms with Crippen molar-refractivity contribution >= 4 is 11.9 Å². The fraction of sp³-hybridized carbons (Fsp3) is 0.364. The van der Waals surface area contributed by atoms with Crippen LogP contribution in [0.4, 0.5) is 26.3 Å². The van der Waals surface area contributed by atoms with Crippen molar-refractivity contribution in [2.24, 2.45) is 0 Å². The van der Waals surface area contributed by atoms with Crippen LogP contribution in [-0.2, 0) is 29.2 Å². The Hall–Kier alpha value is -3.88.